The second-order valence-electron chi connectivity index (χ2n) is 3.69. The van der Waals surface area contributed by atoms with Crippen LogP contribution in [0, 0.1) is 0 Å². The van der Waals surface area contributed by atoms with Crippen LogP contribution in [0.5, 0.6) is 0 Å². The van der Waals surface area contributed by atoms with E-state index in [9.17, 15) is 4.79 Å². The zero-order valence-electron chi connectivity index (χ0n) is 9.58. The van der Waals surface area contributed by atoms with Gasteiger partial charge in [-0.2, -0.15) is 0 Å². The normalized spacial score (nSPS) is 12.5. The number of esters is 1. The van der Waals surface area contributed by atoms with Crippen LogP contribution in [0.15, 0.2) is 0 Å². The average molecular weight is 217 g/mol. The molecule has 0 aliphatic rings. The number of aliphatic hydroxyl groups excluding tert-OH is 1. The van der Waals surface area contributed by atoms with E-state index in [-0.39, 0.29) is 6.54 Å². The van der Waals surface area contributed by atoms with Gasteiger partial charge in [-0.25, -0.2) is 4.79 Å². The third-order valence-electron chi connectivity index (χ3n) is 2.24. The van der Waals surface area contributed by atoms with Gasteiger partial charge < -0.3 is 15.6 Å². The standard InChI is InChI=1S/C11H23NO3/c1-2-3-4-5-6-7-8-15-11(14)10(13)9-12/h10,13H,2-9,12H2,1H3/t10-/m0/s1. The largest absolute Gasteiger partial charge is 0.464 e. The Labute approximate surface area is 91.8 Å². The summed E-state index contributed by atoms with van der Waals surface area (Å²) in [5, 5.41) is 9.00. The number of carbonyl (C=O) groups is 1. The molecular weight excluding hydrogens is 194 g/mol. The second kappa shape index (κ2) is 9.93. The van der Waals surface area contributed by atoms with Gasteiger partial charge in [0.2, 0.25) is 0 Å². The molecule has 0 aliphatic carbocycles. The van der Waals surface area contributed by atoms with Crippen molar-refractivity contribution in [3.63, 3.8) is 0 Å². The molecule has 15 heavy (non-hydrogen) atoms. The number of aliphatic hydroxyl groups is 1. The molecule has 3 N–H and O–H groups in total. The third-order valence-corrected chi connectivity index (χ3v) is 2.24. The van der Waals surface area contributed by atoms with E-state index in [1.54, 1.807) is 0 Å². The smallest absolute Gasteiger partial charge is 0.336 e. The molecule has 0 aromatic rings. The Kier molecular flexibility index (Phi) is 9.52. The summed E-state index contributed by atoms with van der Waals surface area (Å²) in [6, 6.07) is 0. The zero-order chi connectivity index (χ0) is 11.5. The van der Waals surface area contributed by atoms with Gasteiger partial charge in [-0.1, -0.05) is 39.0 Å². The quantitative estimate of drug-likeness (QED) is 0.450. The molecule has 0 aromatic carbocycles. The predicted molar refractivity (Wildman–Crippen MR) is 59.4 cm³/mol. The number of rotatable bonds is 9. The minimum atomic E-state index is -1.16. The average Bonchev–Trinajstić information content (AvgIpc) is 2.26. The molecule has 0 aromatic heterocycles. The van der Waals surface area contributed by atoms with Crippen LogP contribution in [0.3, 0.4) is 0 Å². The van der Waals surface area contributed by atoms with Crippen LogP contribution < -0.4 is 5.73 Å². The van der Waals surface area contributed by atoms with E-state index in [0.717, 1.165) is 12.8 Å². The maximum Gasteiger partial charge on any atom is 0.336 e. The Morgan fingerprint density at radius 2 is 1.87 bits per heavy atom. The summed E-state index contributed by atoms with van der Waals surface area (Å²) in [6.45, 7) is 2.49. The summed E-state index contributed by atoms with van der Waals surface area (Å²) in [5.74, 6) is -0.606. The molecule has 4 heteroatoms. The lowest BCUT2D eigenvalue weighted by Gasteiger charge is -2.08. The van der Waals surface area contributed by atoms with E-state index in [2.05, 4.69) is 6.92 Å². The van der Waals surface area contributed by atoms with Crippen molar-refractivity contribution in [2.45, 2.75) is 51.6 Å². The molecule has 0 bridgehead atoms. The van der Waals surface area contributed by atoms with Gasteiger partial charge in [-0.3, -0.25) is 0 Å². The van der Waals surface area contributed by atoms with Gasteiger partial charge >= 0.3 is 5.97 Å². The van der Waals surface area contributed by atoms with Crippen molar-refractivity contribution in [3.05, 3.63) is 0 Å². The number of hydrogen-bond acceptors (Lipinski definition) is 4. The summed E-state index contributed by atoms with van der Waals surface area (Å²) in [7, 11) is 0. The molecule has 0 saturated heterocycles. The van der Waals surface area contributed by atoms with Gasteiger partial charge in [0.05, 0.1) is 6.61 Å². The first kappa shape index (κ1) is 14.4. The summed E-state index contributed by atoms with van der Waals surface area (Å²) in [6.07, 6.45) is 5.72. The Bertz CT molecular complexity index is 162. The predicted octanol–water partition coefficient (Wildman–Crippen LogP) is 1.21. The highest BCUT2D eigenvalue weighted by Crippen LogP contribution is 2.05. The first-order valence-electron chi connectivity index (χ1n) is 5.77. The van der Waals surface area contributed by atoms with Crippen LogP contribution in [0.4, 0.5) is 0 Å². The van der Waals surface area contributed by atoms with Crippen molar-refractivity contribution in [2.24, 2.45) is 5.73 Å². The van der Waals surface area contributed by atoms with Gasteiger partial charge in [0.25, 0.3) is 0 Å². The second-order valence-corrected chi connectivity index (χ2v) is 3.69. The van der Waals surface area contributed by atoms with Crippen LogP contribution in [0.2, 0.25) is 0 Å². The molecule has 0 unspecified atom stereocenters. The van der Waals surface area contributed by atoms with Crippen molar-refractivity contribution in [1.29, 1.82) is 0 Å². The molecule has 0 amide bonds. The molecule has 4 nitrogen and oxygen atoms in total. The van der Waals surface area contributed by atoms with Gasteiger partial charge in [0.1, 0.15) is 0 Å². The fraction of sp³-hybridized carbons (Fsp3) is 0.909. The molecule has 0 radical (unpaired) electrons. The van der Waals surface area contributed by atoms with Gasteiger partial charge in [-0.05, 0) is 6.42 Å². The minimum absolute atomic E-state index is 0.0741. The fourth-order valence-corrected chi connectivity index (χ4v) is 1.25. The number of hydrogen-bond donors (Lipinski definition) is 2. The van der Waals surface area contributed by atoms with E-state index < -0.39 is 12.1 Å². The van der Waals surface area contributed by atoms with E-state index in [1.165, 1.54) is 25.7 Å². The molecule has 0 saturated carbocycles. The van der Waals surface area contributed by atoms with Crippen LogP contribution >= 0.6 is 0 Å². The topological polar surface area (TPSA) is 72.5 Å². The number of unbranched alkanes of at least 4 members (excludes halogenated alkanes) is 5. The van der Waals surface area contributed by atoms with Crippen LogP contribution in [-0.2, 0) is 9.53 Å². The SMILES string of the molecule is CCCCCCCCOC(=O)[C@@H](O)CN. The van der Waals surface area contributed by atoms with Gasteiger partial charge in [0, 0.05) is 6.54 Å². The highest BCUT2D eigenvalue weighted by molar-refractivity contribution is 5.74. The highest BCUT2D eigenvalue weighted by Gasteiger charge is 2.13. The maximum atomic E-state index is 11.0. The zero-order valence-corrected chi connectivity index (χ0v) is 9.58. The maximum absolute atomic E-state index is 11.0. The first-order chi connectivity index (χ1) is 7.22. The number of carbonyl (C=O) groups excluding carboxylic acids is 1. The monoisotopic (exact) mass is 217 g/mol. The summed E-state index contributed by atoms with van der Waals surface area (Å²) in [4.78, 5) is 11.0. The molecule has 90 valence electrons. The van der Waals surface area contributed by atoms with Gasteiger partial charge in [0.15, 0.2) is 6.10 Å². The highest BCUT2D eigenvalue weighted by atomic mass is 16.5. The molecular formula is C11H23NO3. The van der Waals surface area contributed by atoms with E-state index >= 15 is 0 Å². The lowest BCUT2D eigenvalue weighted by molar-refractivity contribution is -0.153. The lowest BCUT2D eigenvalue weighted by Crippen LogP contribution is -2.31. The van der Waals surface area contributed by atoms with Crippen LogP contribution in [0.1, 0.15) is 45.4 Å². The third kappa shape index (κ3) is 8.39. The first-order valence-corrected chi connectivity index (χ1v) is 5.77. The Morgan fingerprint density at radius 1 is 1.27 bits per heavy atom. The Hall–Kier alpha value is -0.610. The molecule has 1 atom stereocenters. The van der Waals surface area contributed by atoms with Crippen LogP contribution in [-0.4, -0.2) is 30.3 Å². The molecule has 0 spiro atoms. The molecule has 0 heterocycles. The van der Waals surface area contributed by atoms with E-state index in [4.69, 9.17) is 15.6 Å². The van der Waals surface area contributed by atoms with E-state index in [1.807, 2.05) is 0 Å². The van der Waals surface area contributed by atoms with Crippen molar-refractivity contribution >= 4 is 5.97 Å². The van der Waals surface area contributed by atoms with Crippen molar-refractivity contribution in [1.82, 2.24) is 0 Å². The van der Waals surface area contributed by atoms with Crippen molar-refractivity contribution in [2.75, 3.05) is 13.2 Å². The Morgan fingerprint density at radius 3 is 2.47 bits per heavy atom. The molecule has 0 rings (SSSR count). The summed E-state index contributed by atoms with van der Waals surface area (Å²) in [5.41, 5.74) is 5.11. The van der Waals surface area contributed by atoms with Crippen LogP contribution in [0.25, 0.3) is 0 Å². The lowest BCUT2D eigenvalue weighted by atomic mass is 10.1. The van der Waals surface area contributed by atoms with E-state index in [0.29, 0.717) is 6.61 Å². The van der Waals surface area contributed by atoms with Crippen molar-refractivity contribution in [3.8, 4) is 0 Å². The number of ether oxygens (including phenoxy) is 1. The summed E-state index contributed by atoms with van der Waals surface area (Å²) < 4.78 is 4.83. The summed E-state index contributed by atoms with van der Waals surface area (Å²) >= 11 is 0. The molecule has 0 fully saturated rings. The van der Waals surface area contributed by atoms with Crippen molar-refractivity contribution < 1.29 is 14.6 Å². The minimum Gasteiger partial charge on any atom is -0.464 e. The molecule has 0 aliphatic heterocycles. The van der Waals surface area contributed by atoms with Gasteiger partial charge in [-0.15, -0.1) is 0 Å². The number of nitrogens with two attached hydrogens (primary N) is 1. The Balaban J connectivity index is 3.20. The fourth-order valence-electron chi connectivity index (χ4n) is 1.25.